The Bertz CT molecular complexity index is 502. The van der Waals surface area contributed by atoms with Gasteiger partial charge in [0.05, 0.1) is 0 Å². The Morgan fingerprint density at radius 1 is 1.40 bits per heavy atom. The number of benzene rings is 1. The van der Waals surface area contributed by atoms with Gasteiger partial charge in [-0.25, -0.2) is 4.39 Å². The van der Waals surface area contributed by atoms with Crippen LogP contribution in [0.1, 0.15) is 19.4 Å². The summed E-state index contributed by atoms with van der Waals surface area (Å²) in [6, 6.07) is 4.06. The van der Waals surface area contributed by atoms with Crippen molar-refractivity contribution in [3.8, 4) is 5.75 Å². The molecule has 110 valence electrons. The molecule has 0 saturated carbocycles. The molecule has 0 heterocycles. The van der Waals surface area contributed by atoms with Crippen LogP contribution in [0.4, 0.5) is 4.39 Å². The molecule has 0 spiro atoms. The minimum atomic E-state index is -1.10. The highest BCUT2D eigenvalue weighted by atomic mass is 19.1. The van der Waals surface area contributed by atoms with E-state index in [-0.39, 0.29) is 11.8 Å². The Hall–Kier alpha value is -2.11. The summed E-state index contributed by atoms with van der Waals surface area (Å²) >= 11 is 0. The van der Waals surface area contributed by atoms with E-state index in [1.165, 1.54) is 12.1 Å². The van der Waals surface area contributed by atoms with E-state index in [1.807, 2.05) is 0 Å². The van der Waals surface area contributed by atoms with Crippen molar-refractivity contribution >= 4 is 11.9 Å². The summed E-state index contributed by atoms with van der Waals surface area (Å²) in [5.41, 5.74) is 0.806. The Morgan fingerprint density at radius 2 is 2.05 bits per heavy atom. The molecule has 0 unspecified atom stereocenters. The zero-order chi connectivity index (χ0) is 15.3. The highest BCUT2D eigenvalue weighted by Crippen LogP contribution is 2.18. The van der Waals surface area contributed by atoms with Crippen LogP contribution in [0.15, 0.2) is 18.2 Å². The lowest BCUT2D eigenvalue weighted by Crippen LogP contribution is -2.43. The first kappa shape index (κ1) is 15.9. The highest BCUT2D eigenvalue weighted by molar-refractivity contribution is 5.82. The van der Waals surface area contributed by atoms with E-state index in [2.05, 4.69) is 0 Å². The third-order valence-corrected chi connectivity index (χ3v) is 2.69. The first-order valence-electron chi connectivity index (χ1n) is 6.21. The Balaban J connectivity index is 2.69. The molecule has 1 amide bonds. The number of aryl methyl sites for hydroxylation is 1. The van der Waals surface area contributed by atoms with Crippen LogP contribution in [-0.2, 0) is 9.59 Å². The Morgan fingerprint density at radius 3 is 2.60 bits per heavy atom. The molecule has 0 aliphatic carbocycles. The average molecular weight is 283 g/mol. The number of ether oxygens (including phenoxy) is 1. The number of carboxylic acids is 1. The summed E-state index contributed by atoms with van der Waals surface area (Å²) < 4.78 is 18.6. The van der Waals surface area contributed by atoms with Crippen LogP contribution in [0.5, 0.6) is 5.75 Å². The van der Waals surface area contributed by atoms with Crippen molar-refractivity contribution in [2.24, 2.45) is 0 Å². The first-order valence-corrected chi connectivity index (χ1v) is 6.21. The van der Waals surface area contributed by atoms with Crippen LogP contribution in [0.25, 0.3) is 0 Å². The van der Waals surface area contributed by atoms with Gasteiger partial charge in [0, 0.05) is 6.04 Å². The summed E-state index contributed by atoms with van der Waals surface area (Å²) in [6.45, 7) is 4.38. The molecule has 0 aliphatic rings. The Kier molecular flexibility index (Phi) is 5.49. The molecule has 1 aromatic rings. The molecule has 1 aromatic carbocycles. The predicted octanol–water partition coefficient (Wildman–Crippen LogP) is 1.83. The molecule has 20 heavy (non-hydrogen) atoms. The van der Waals surface area contributed by atoms with Crippen LogP contribution >= 0.6 is 0 Å². The SMILES string of the molecule is Cc1ccc(F)c(OCC(=O)N(CC(=O)O)C(C)C)c1. The predicted molar refractivity (Wildman–Crippen MR) is 71.1 cm³/mol. The van der Waals surface area contributed by atoms with Gasteiger partial charge in [0.15, 0.2) is 18.2 Å². The maximum atomic E-state index is 13.4. The lowest BCUT2D eigenvalue weighted by Gasteiger charge is -2.24. The average Bonchev–Trinajstić information content (AvgIpc) is 2.36. The van der Waals surface area contributed by atoms with Gasteiger partial charge < -0.3 is 14.7 Å². The molecular weight excluding hydrogens is 265 g/mol. The third-order valence-electron chi connectivity index (χ3n) is 2.69. The summed E-state index contributed by atoms with van der Waals surface area (Å²) in [4.78, 5) is 23.8. The van der Waals surface area contributed by atoms with Crippen LogP contribution in [0.2, 0.25) is 0 Å². The van der Waals surface area contributed by atoms with E-state index in [0.29, 0.717) is 0 Å². The number of halogens is 1. The highest BCUT2D eigenvalue weighted by Gasteiger charge is 2.20. The number of amides is 1. The van der Waals surface area contributed by atoms with Crippen LogP contribution < -0.4 is 4.74 Å². The van der Waals surface area contributed by atoms with Crippen molar-refractivity contribution in [2.45, 2.75) is 26.8 Å². The van der Waals surface area contributed by atoms with Crippen LogP contribution in [0.3, 0.4) is 0 Å². The molecule has 1 rings (SSSR count). The largest absolute Gasteiger partial charge is 0.481 e. The zero-order valence-electron chi connectivity index (χ0n) is 11.7. The van der Waals surface area contributed by atoms with Gasteiger partial charge in [-0.2, -0.15) is 0 Å². The van der Waals surface area contributed by atoms with Crippen molar-refractivity contribution in [2.75, 3.05) is 13.2 Å². The molecule has 6 heteroatoms. The quantitative estimate of drug-likeness (QED) is 0.865. The second-order valence-electron chi connectivity index (χ2n) is 4.73. The number of nitrogens with zero attached hydrogens (tertiary/aromatic N) is 1. The molecular formula is C14H18FNO4. The lowest BCUT2D eigenvalue weighted by atomic mass is 10.2. The summed E-state index contributed by atoms with van der Waals surface area (Å²) in [5.74, 6) is -2.17. The summed E-state index contributed by atoms with van der Waals surface area (Å²) in [5, 5.41) is 8.75. The van der Waals surface area contributed by atoms with Crippen molar-refractivity contribution in [1.29, 1.82) is 0 Å². The van der Waals surface area contributed by atoms with Crippen LogP contribution in [-0.4, -0.2) is 41.1 Å². The fourth-order valence-electron chi connectivity index (χ4n) is 1.65. The number of rotatable bonds is 6. The van der Waals surface area contributed by atoms with Gasteiger partial charge in [-0.05, 0) is 38.5 Å². The monoisotopic (exact) mass is 283 g/mol. The number of carbonyl (C=O) groups excluding carboxylic acids is 1. The molecule has 0 aliphatic heterocycles. The number of hydrogen-bond donors (Lipinski definition) is 1. The van der Waals surface area contributed by atoms with Crippen molar-refractivity contribution < 1.29 is 23.8 Å². The molecule has 0 saturated heterocycles. The maximum Gasteiger partial charge on any atom is 0.323 e. The van der Waals surface area contributed by atoms with Crippen molar-refractivity contribution in [3.05, 3.63) is 29.6 Å². The minimum Gasteiger partial charge on any atom is -0.481 e. The normalized spacial score (nSPS) is 10.4. The number of aliphatic carboxylic acids is 1. The maximum absolute atomic E-state index is 13.4. The van der Waals surface area contributed by atoms with Gasteiger partial charge in [0.2, 0.25) is 0 Å². The van der Waals surface area contributed by atoms with Gasteiger partial charge in [-0.3, -0.25) is 9.59 Å². The molecule has 0 fully saturated rings. The fourth-order valence-corrected chi connectivity index (χ4v) is 1.65. The van der Waals surface area contributed by atoms with E-state index < -0.39 is 30.8 Å². The van der Waals surface area contributed by atoms with Gasteiger partial charge in [-0.15, -0.1) is 0 Å². The minimum absolute atomic E-state index is 0.0163. The fraction of sp³-hybridized carbons (Fsp3) is 0.429. The standard InChI is InChI=1S/C14H18FNO4/c1-9(2)16(7-14(18)19)13(17)8-20-12-6-10(3)4-5-11(12)15/h4-6,9H,7-8H2,1-3H3,(H,18,19). The lowest BCUT2D eigenvalue weighted by molar-refractivity contribution is -0.146. The number of carbonyl (C=O) groups is 2. The molecule has 0 aromatic heterocycles. The van der Waals surface area contributed by atoms with E-state index >= 15 is 0 Å². The van der Waals surface area contributed by atoms with E-state index in [4.69, 9.17) is 9.84 Å². The van der Waals surface area contributed by atoms with E-state index in [0.717, 1.165) is 10.5 Å². The number of carboxylic acid groups (broad SMARTS) is 1. The zero-order valence-corrected chi connectivity index (χ0v) is 11.7. The van der Waals surface area contributed by atoms with Crippen molar-refractivity contribution in [1.82, 2.24) is 4.90 Å². The van der Waals surface area contributed by atoms with E-state index in [9.17, 15) is 14.0 Å². The van der Waals surface area contributed by atoms with E-state index in [1.54, 1.807) is 26.8 Å². The third kappa shape index (κ3) is 4.53. The first-order chi connectivity index (χ1) is 9.31. The van der Waals surface area contributed by atoms with Gasteiger partial charge in [-0.1, -0.05) is 6.07 Å². The summed E-state index contributed by atoms with van der Waals surface area (Å²) in [6.07, 6.45) is 0. The molecule has 0 bridgehead atoms. The second kappa shape index (κ2) is 6.88. The van der Waals surface area contributed by atoms with Gasteiger partial charge in [0.25, 0.3) is 5.91 Å². The van der Waals surface area contributed by atoms with Crippen molar-refractivity contribution in [3.63, 3.8) is 0 Å². The smallest absolute Gasteiger partial charge is 0.323 e. The molecule has 1 N–H and O–H groups in total. The molecule has 0 atom stereocenters. The van der Waals surface area contributed by atoms with Crippen LogP contribution in [0, 0.1) is 12.7 Å². The second-order valence-corrected chi connectivity index (χ2v) is 4.73. The van der Waals surface area contributed by atoms with Gasteiger partial charge in [0.1, 0.15) is 6.54 Å². The Labute approximate surface area is 117 Å². The topological polar surface area (TPSA) is 66.8 Å². The molecule has 5 nitrogen and oxygen atoms in total. The number of hydrogen-bond acceptors (Lipinski definition) is 3. The summed E-state index contributed by atoms with van der Waals surface area (Å²) in [7, 11) is 0. The molecule has 0 radical (unpaired) electrons. The van der Waals surface area contributed by atoms with Gasteiger partial charge >= 0.3 is 5.97 Å².